The first kappa shape index (κ1) is 17.9. The summed E-state index contributed by atoms with van der Waals surface area (Å²) in [5.41, 5.74) is 1.59. The Labute approximate surface area is 151 Å². The van der Waals surface area contributed by atoms with E-state index in [4.69, 9.17) is 16.3 Å². The van der Waals surface area contributed by atoms with E-state index in [-0.39, 0.29) is 24.5 Å². The minimum atomic E-state index is -0.466. The van der Waals surface area contributed by atoms with Crippen molar-refractivity contribution in [1.82, 2.24) is 9.78 Å². The number of rotatable bonds is 5. The Morgan fingerprint density at radius 2 is 2.12 bits per heavy atom. The van der Waals surface area contributed by atoms with Crippen LogP contribution in [0, 0.1) is 5.92 Å². The van der Waals surface area contributed by atoms with E-state index < -0.39 is 6.10 Å². The molecule has 1 aliphatic heterocycles. The van der Waals surface area contributed by atoms with Gasteiger partial charge in [-0.2, -0.15) is 5.10 Å². The minimum absolute atomic E-state index is 0.0715. The van der Waals surface area contributed by atoms with Crippen molar-refractivity contribution in [1.29, 1.82) is 0 Å². The van der Waals surface area contributed by atoms with Gasteiger partial charge in [-0.15, -0.1) is 0 Å². The summed E-state index contributed by atoms with van der Waals surface area (Å²) in [4.78, 5) is 12.6. The molecule has 0 radical (unpaired) electrons. The number of aliphatic hydroxyl groups excluding tert-OH is 1. The summed E-state index contributed by atoms with van der Waals surface area (Å²) >= 11 is 5.92. The maximum absolute atomic E-state index is 12.6. The van der Waals surface area contributed by atoms with Gasteiger partial charge in [0.15, 0.2) is 0 Å². The number of benzene rings is 1. The fourth-order valence-electron chi connectivity index (χ4n) is 3.15. The molecule has 1 amide bonds. The predicted molar refractivity (Wildman–Crippen MR) is 96.5 cm³/mol. The highest BCUT2D eigenvalue weighted by atomic mass is 35.5. The van der Waals surface area contributed by atoms with Crippen LogP contribution in [0.15, 0.2) is 30.3 Å². The molecule has 0 spiro atoms. The lowest BCUT2D eigenvalue weighted by Crippen LogP contribution is -2.32. The van der Waals surface area contributed by atoms with Crippen LogP contribution >= 0.6 is 11.6 Å². The Bertz CT molecular complexity index is 745. The summed E-state index contributed by atoms with van der Waals surface area (Å²) in [5.74, 6) is 0.526. The van der Waals surface area contributed by atoms with Crippen LogP contribution < -0.4 is 5.32 Å². The number of carbonyl (C=O) groups excluding carboxylic acids is 1. The molecule has 6 nitrogen and oxygen atoms in total. The predicted octanol–water partition coefficient (Wildman–Crippen LogP) is 2.95. The van der Waals surface area contributed by atoms with Crippen LogP contribution in [-0.2, 0) is 16.1 Å². The number of halogens is 1. The first-order valence-electron chi connectivity index (χ1n) is 8.39. The zero-order chi connectivity index (χ0) is 18.0. The highest BCUT2D eigenvalue weighted by Gasteiger charge is 2.35. The molecule has 1 aromatic heterocycles. The number of nitrogens with one attached hydrogen (secondary N) is 1. The average Bonchev–Trinajstić information content (AvgIpc) is 3.11. The third-order valence-electron chi connectivity index (χ3n) is 4.34. The van der Waals surface area contributed by atoms with E-state index in [0.29, 0.717) is 23.1 Å². The van der Waals surface area contributed by atoms with Crippen molar-refractivity contribution < 1.29 is 14.6 Å². The van der Waals surface area contributed by atoms with Crippen LogP contribution in [0.4, 0.5) is 5.82 Å². The molecule has 1 aliphatic rings. The fraction of sp³-hybridized carbons (Fsp3) is 0.444. The summed E-state index contributed by atoms with van der Waals surface area (Å²) in [6, 6.07) is 9.10. The summed E-state index contributed by atoms with van der Waals surface area (Å²) in [6.07, 6.45) is 0.480. The molecule has 1 saturated heterocycles. The third kappa shape index (κ3) is 4.03. The van der Waals surface area contributed by atoms with E-state index in [9.17, 15) is 9.90 Å². The van der Waals surface area contributed by atoms with Gasteiger partial charge >= 0.3 is 0 Å². The molecule has 2 N–H and O–H groups in total. The summed E-state index contributed by atoms with van der Waals surface area (Å²) in [5, 5.41) is 17.3. The van der Waals surface area contributed by atoms with Crippen LogP contribution in [0.2, 0.25) is 5.02 Å². The zero-order valence-electron chi connectivity index (χ0n) is 14.3. The number of aliphatic hydroxyl groups is 1. The van der Waals surface area contributed by atoms with Gasteiger partial charge in [0.25, 0.3) is 5.91 Å². The molecular formula is C18H22ClN3O3. The molecule has 3 rings (SSSR count). The lowest BCUT2D eigenvalue weighted by Gasteiger charge is -2.15. The van der Waals surface area contributed by atoms with Crippen LogP contribution in [0.5, 0.6) is 0 Å². The number of amides is 1. The smallest absolute Gasteiger partial charge is 0.254 e. The van der Waals surface area contributed by atoms with Crippen LogP contribution in [0.1, 0.15) is 20.3 Å². The van der Waals surface area contributed by atoms with E-state index in [1.807, 2.05) is 26.0 Å². The van der Waals surface area contributed by atoms with Crippen molar-refractivity contribution in [2.24, 2.45) is 5.92 Å². The Morgan fingerprint density at radius 1 is 1.40 bits per heavy atom. The second-order valence-electron chi connectivity index (χ2n) is 6.44. The maximum Gasteiger partial charge on any atom is 0.254 e. The van der Waals surface area contributed by atoms with Crippen LogP contribution in [0.3, 0.4) is 0 Å². The van der Waals surface area contributed by atoms with Gasteiger partial charge in [0.1, 0.15) is 11.9 Å². The van der Waals surface area contributed by atoms with Crippen LogP contribution in [0.25, 0.3) is 11.3 Å². The molecule has 134 valence electrons. The molecule has 0 saturated carbocycles. The van der Waals surface area contributed by atoms with Gasteiger partial charge in [0.05, 0.1) is 24.9 Å². The van der Waals surface area contributed by atoms with E-state index in [1.54, 1.807) is 22.9 Å². The van der Waals surface area contributed by atoms with Crippen molar-refractivity contribution in [2.45, 2.75) is 39.0 Å². The van der Waals surface area contributed by atoms with Crippen molar-refractivity contribution in [3.63, 3.8) is 0 Å². The van der Waals surface area contributed by atoms with Crippen LogP contribution in [-0.4, -0.2) is 39.6 Å². The monoisotopic (exact) mass is 363 g/mol. The Morgan fingerprint density at radius 3 is 2.72 bits per heavy atom. The molecule has 2 heterocycles. The first-order valence-corrected chi connectivity index (χ1v) is 8.76. The van der Waals surface area contributed by atoms with E-state index >= 15 is 0 Å². The van der Waals surface area contributed by atoms with Gasteiger partial charge in [-0.3, -0.25) is 4.79 Å². The molecule has 0 unspecified atom stereocenters. The van der Waals surface area contributed by atoms with Gasteiger partial charge in [0, 0.05) is 16.7 Å². The largest absolute Gasteiger partial charge is 0.394 e. The van der Waals surface area contributed by atoms with E-state index in [2.05, 4.69) is 10.4 Å². The topological polar surface area (TPSA) is 76.4 Å². The Balaban J connectivity index is 1.82. The van der Waals surface area contributed by atoms with Crippen molar-refractivity contribution >= 4 is 23.3 Å². The van der Waals surface area contributed by atoms with Gasteiger partial charge in [-0.1, -0.05) is 30.7 Å². The number of anilines is 1. The quantitative estimate of drug-likeness (QED) is 0.856. The number of hydrogen-bond acceptors (Lipinski definition) is 4. The molecular weight excluding hydrogens is 342 g/mol. The standard InChI is InChI=1S/C18H22ClN3O3/c1-11-9-12(2)25-17(11)18(24)20-16-10-15(21-22(16)7-8-23)13-3-5-14(19)6-4-13/h3-6,10-12,17,23H,7-9H2,1-2H3,(H,20,24)/t11-,12+,17+/m0/s1. The second kappa shape index (κ2) is 7.56. The highest BCUT2D eigenvalue weighted by Crippen LogP contribution is 2.28. The second-order valence-corrected chi connectivity index (χ2v) is 6.87. The minimum Gasteiger partial charge on any atom is -0.394 e. The van der Waals surface area contributed by atoms with Crippen molar-refractivity contribution in [3.8, 4) is 11.3 Å². The lowest BCUT2D eigenvalue weighted by atomic mass is 10.0. The molecule has 25 heavy (non-hydrogen) atoms. The summed E-state index contributed by atoms with van der Waals surface area (Å²) in [6.45, 7) is 4.20. The number of aromatic nitrogens is 2. The molecule has 2 aromatic rings. The molecule has 0 aliphatic carbocycles. The van der Waals surface area contributed by atoms with Crippen molar-refractivity contribution in [3.05, 3.63) is 35.4 Å². The SMILES string of the molecule is C[C@@H]1C[C@H](C)[C@H](C(=O)Nc2cc(-c3ccc(Cl)cc3)nn2CCO)O1. The molecule has 1 aromatic carbocycles. The summed E-state index contributed by atoms with van der Waals surface area (Å²) in [7, 11) is 0. The third-order valence-corrected chi connectivity index (χ3v) is 4.59. The number of carbonyl (C=O) groups is 1. The fourth-order valence-corrected chi connectivity index (χ4v) is 3.27. The van der Waals surface area contributed by atoms with Gasteiger partial charge < -0.3 is 15.2 Å². The Kier molecular flexibility index (Phi) is 5.42. The summed E-state index contributed by atoms with van der Waals surface area (Å²) < 4.78 is 7.29. The average molecular weight is 364 g/mol. The molecule has 1 fully saturated rings. The van der Waals surface area contributed by atoms with Gasteiger partial charge in [-0.05, 0) is 31.4 Å². The zero-order valence-corrected chi connectivity index (χ0v) is 15.0. The maximum atomic E-state index is 12.6. The molecule has 0 bridgehead atoms. The number of ether oxygens (including phenoxy) is 1. The van der Waals surface area contributed by atoms with E-state index in [0.717, 1.165) is 12.0 Å². The molecule has 7 heteroatoms. The van der Waals surface area contributed by atoms with E-state index in [1.165, 1.54) is 0 Å². The molecule has 3 atom stereocenters. The normalized spacial score (nSPS) is 23.0. The Hall–Kier alpha value is -1.89. The van der Waals surface area contributed by atoms with Crippen molar-refractivity contribution in [2.75, 3.05) is 11.9 Å². The van der Waals surface area contributed by atoms with Gasteiger partial charge in [-0.25, -0.2) is 4.68 Å². The number of nitrogens with zero attached hydrogens (tertiary/aromatic N) is 2. The first-order chi connectivity index (χ1) is 12.0. The lowest BCUT2D eigenvalue weighted by molar-refractivity contribution is -0.127. The number of hydrogen-bond donors (Lipinski definition) is 2. The highest BCUT2D eigenvalue weighted by molar-refractivity contribution is 6.30. The van der Waals surface area contributed by atoms with Gasteiger partial charge in [0.2, 0.25) is 0 Å².